The minimum absolute atomic E-state index is 0.0849. The van der Waals surface area contributed by atoms with Crippen LogP contribution >= 0.6 is 0 Å². The van der Waals surface area contributed by atoms with E-state index in [0.29, 0.717) is 18.1 Å². The van der Waals surface area contributed by atoms with Gasteiger partial charge in [-0.3, -0.25) is 14.5 Å². The average molecular weight is 282 g/mol. The zero-order chi connectivity index (χ0) is 15.1. The highest BCUT2D eigenvalue weighted by Crippen LogP contribution is 2.14. The Morgan fingerprint density at radius 3 is 2.55 bits per heavy atom. The molecular weight excluding hydrogens is 260 g/mol. The molecule has 7 heteroatoms. The Hall–Kier alpha value is -1.89. The van der Waals surface area contributed by atoms with Gasteiger partial charge in [-0.15, -0.1) is 0 Å². The number of hydrogen-bond acceptors (Lipinski definition) is 5. The van der Waals surface area contributed by atoms with E-state index in [-0.39, 0.29) is 24.8 Å². The second kappa shape index (κ2) is 7.64. The number of anilines is 1. The first-order valence-electron chi connectivity index (χ1n) is 6.53. The second-order valence-electron chi connectivity index (χ2n) is 4.87. The fourth-order valence-corrected chi connectivity index (χ4v) is 1.63. The predicted octanol–water partition coefficient (Wildman–Crippen LogP) is 0.404. The standard InChI is InChI=1S/C13H22N4O3/c1-10-9-12(15-20-10)17(11(2)18)7-5-13(19)14-6-8-16(3)4/h9H,5-8H2,1-4H3,(H,14,19). The fraction of sp³-hybridized carbons (Fsp3) is 0.615. The Labute approximate surface area is 118 Å². The summed E-state index contributed by atoms with van der Waals surface area (Å²) in [6, 6.07) is 1.67. The molecule has 0 atom stereocenters. The van der Waals surface area contributed by atoms with Gasteiger partial charge in [0.1, 0.15) is 5.76 Å². The van der Waals surface area contributed by atoms with Crippen molar-refractivity contribution >= 4 is 17.6 Å². The summed E-state index contributed by atoms with van der Waals surface area (Å²) in [5.41, 5.74) is 0. The van der Waals surface area contributed by atoms with E-state index >= 15 is 0 Å². The quantitative estimate of drug-likeness (QED) is 0.783. The van der Waals surface area contributed by atoms with Crippen molar-refractivity contribution in [1.29, 1.82) is 0 Å². The number of hydrogen-bond donors (Lipinski definition) is 1. The summed E-state index contributed by atoms with van der Waals surface area (Å²) in [6.45, 7) is 4.85. The number of nitrogens with zero attached hydrogens (tertiary/aromatic N) is 3. The lowest BCUT2D eigenvalue weighted by Crippen LogP contribution is -2.36. The zero-order valence-electron chi connectivity index (χ0n) is 12.5. The smallest absolute Gasteiger partial charge is 0.225 e. The largest absolute Gasteiger partial charge is 0.360 e. The van der Waals surface area contributed by atoms with Crippen LogP contribution in [0.25, 0.3) is 0 Å². The molecule has 7 nitrogen and oxygen atoms in total. The van der Waals surface area contributed by atoms with Gasteiger partial charge in [-0.05, 0) is 21.0 Å². The van der Waals surface area contributed by atoms with Gasteiger partial charge >= 0.3 is 0 Å². The number of aryl methyl sites for hydroxylation is 1. The Balaban J connectivity index is 2.44. The van der Waals surface area contributed by atoms with E-state index in [9.17, 15) is 9.59 Å². The molecule has 0 aliphatic carbocycles. The summed E-state index contributed by atoms with van der Waals surface area (Å²) in [5.74, 6) is 0.815. The van der Waals surface area contributed by atoms with Gasteiger partial charge in [-0.2, -0.15) is 0 Å². The number of carbonyl (C=O) groups excluding carboxylic acids is 2. The van der Waals surface area contributed by atoms with Crippen molar-refractivity contribution in [3.05, 3.63) is 11.8 Å². The van der Waals surface area contributed by atoms with Crippen molar-refractivity contribution < 1.29 is 14.1 Å². The zero-order valence-corrected chi connectivity index (χ0v) is 12.5. The number of amides is 2. The van der Waals surface area contributed by atoms with Gasteiger partial charge in [-0.1, -0.05) is 5.16 Å². The van der Waals surface area contributed by atoms with E-state index < -0.39 is 0 Å². The molecule has 2 amide bonds. The van der Waals surface area contributed by atoms with Crippen LogP contribution in [0.3, 0.4) is 0 Å². The first-order chi connectivity index (χ1) is 9.40. The molecular formula is C13H22N4O3. The van der Waals surface area contributed by atoms with Gasteiger partial charge in [0.2, 0.25) is 11.8 Å². The molecule has 0 aliphatic heterocycles. The van der Waals surface area contributed by atoms with Gasteiger partial charge in [0, 0.05) is 39.0 Å². The summed E-state index contributed by atoms with van der Waals surface area (Å²) in [5, 5.41) is 6.59. The Bertz CT molecular complexity index is 456. The monoisotopic (exact) mass is 282 g/mol. The molecule has 1 heterocycles. The minimum atomic E-state index is -0.167. The van der Waals surface area contributed by atoms with Crippen LogP contribution in [0.2, 0.25) is 0 Å². The molecule has 0 bridgehead atoms. The maximum atomic E-state index is 11.7. The molecule has 0 unspecified atom stereocenters. The lowest BCUT2D eigenvalue weighted by Gasteiger charge is -2.17. The molecule has 1 aromatic heterocycles. The van der Waals surface area contributed by atoms with Gasteiger partial charge in [-0.25, -0.2) is 0 Å². The molecule has 112 valence electrons. The van der Waals surface area contributed by atoms with Crippen LogP contribution in [0.15, 0.2) is 10.6 Å². The SMILES string of the molecule is CC(=O)N(CCC(=O)NCCN(C)C)c1cc(C)on1. The Morgan fingerprint density at radius 2 is 2.05 bits per heavy atom. The first-order valence-corrected chi connectivity index (χ1v) is 6.53. The molecule has 0 spiro atoms. The van der Waals surface area contributed by atoms with E-state index in [1.54, 1.807) is 13.0 Å². The summed E-state index contributed by atoms with van der Waals surface area (Å²) < 4.78 is 4.94. The number of likely N-dealkylation sites (N-methyl/N-ethyl adjacent to an activating group) is 1. The van der Waals surface area contributed by atoms with Crippen molar-refractivity contribution in [2.24, 2.45) is 0 Å². The van der Waals surface area contributed by atoms with E-state index in [1.807, 2.05) is 19.0 Å². The lowest BCUT2D eigenvalue weighted by molar-refractivity contribution is -0.121. The van der Waals surface area contributed by atoms with Crippen molar-refractivity contribution in [3.63, 3.8) is 0 Å². The first kappa shape index (κ1) is 16.2. The maximum Gasteiger partial charge on any atom is 0.225 e. The van der Waals surface area contributed by atoms with Gasteiger partial charge in [0.15, 0.2) is 5.82 Å². The molecule has 0 saturated heterocycles. The number of carbonyl (C=O) groups is 2. The number of nitrogens with one attached hydrogen (secondary N) is 1. The number of rotatable bonds is 7. The fourth-order valence-electron chi connectivity index (χ4n) is 1.63. The summed E-state index contributed by atoms with van der Waals surface area (Å²) in [4.78, 5) is 26.7. The van der Waals surface area contributed by atoms with Crippen molar-refractivity contribution in [3.8, 4) is 0 Å². The molecule has 0 fully saturated rings. The third kappa shape index (κ3) is 5.40. The van der Waals surface area contributed by atoms with Crippen molar-refractivity contribution in [2.75, 3.05) is 38.6 Å². The van der Waals surface area contributed by atoms with Crippen LogP contribution in [0.5, 0.6) is 0 Å². The van der Waals surface area contributed by atoms with E-state index in [0.717, 1.165) is 6.54 Å². The third-order valence-electron chi connectivity index (χ3n) is 2.72. The molecule has 0 radical (unpaired) electrons. The molecule has 0 saturated carbocycles. The molecule has 1 rings (SSSR count). The second-order valence-corrected chi connectivity index (χ2v) is 4.87. The number of aromatic nitrogens is 1. The Morgan fingerprint density at radius 1 is 1.35 bits per heavy atom. The van der Waals surface area contributed by atoms with E-state index in [4.69, 9.17) is 4.52 Å². The van der Waals surface area contributed by atoms with Gasteiger partial charge < -0.3 is 14.7 Å². The predicted molar refractivity (Wildman–Crippen MR) is 75.4 cm³/mol. The van der Waals surface area contributed by atoms with Crippen LogP contribution in [-0.4, -0.2) is 55.6 Å². The molecule has 20 heavy (non-hydrogen) atoms. The third-order valence-corrected chi connectivity index (χ3v) is 2.72. The molecule has 0 aliphatic rings. The van der Waals surface area contributed by atoms with Crippen LogP contribution in [-0.2, 0) is 9.59 Å². The molecule has 1 aromatic rings. The van der Waals surface area contributed by atoms with Crippen LogP contribution in [0.1, 0.15) is 19.1 Å². The van der Waals surface area contributed by atoms with Gasteiger partial charge in [0.05, 0.1) is 0 Å². The van der Waals surface area contributed by atoms with Crippen LogP contribution < -0.4 is 10.2 Å². The highest BCUT2D eigenvalue weighted by Gasteiger charge is 2.16. The summed E-state index contributed by atoms with van der Waals surface area (Å²) >= 11 is 0. The highest BCUT2D eigenvalue weighted by molar-refractivity contribution is 5.91. The summed E-state index contributed by atoms with van der Waals surface area (Å²) in [7, 11) is 3.88. The minimum Gasteiger partial charge on any atom is -0.360 e. The van der Waals surface area contributed by atoms with E-state index in [1.165, 1.54) is 11.8 Å². The van der Waals surface area contributed by atoms with Crippen molar-refractivity contribution in [2.45, 2.75) is 20.3 Å². The van der Waals surface area contributed by atoms with Crippen LogP contribution in [0, 0.1) is 6.92 Å². The van der Waals surface area contributed by atoms with Crippen LogP contribution in [0.4, 0.5) is 5.82 Å². The van der Waals surface area contributed by atoms with E-state index in [2.05, 4.69) is 10.5 Å². The Kier molecular flexibility index (Phi) is 6.17. The average Bonchev–Trinajstić information content (AvgIpc) is 2.75. The normalized spacial score (nSPS) is 10.7. The lowest BCUT2D eigenvalue weighted by atomic mass is 10.3. The molecule has 0 aromatic carbocycles. The highest BCUT2D eigenvalue weighted by atomic mass is 16.5. The topological polar surface area (TPSA) is 78.7 Å². The summed E-state index contributed by atoms with van der Waals surface area (Å²) in [6.07, 6.45) is 0.235. The maximum absolute atomic E-state index is 11.7. The van der Waals surface area contributed by atoms with Gasteiger partial charge in [0.25, 0.3) is 0 Å². The molecule has 1 N–H and O–H groups in total. The van der Waals surface area contributed by atoms with Crippen molar-refractivity contribution in [1.82, 2.24) is 15.4 Å².